The fourth-order valence-corrected chi connectivity index (χ4v) is 2.01. The van der Waals surface area contributed by atoms with Crippen LogP contribution in [0, 0.1) is 11.8 Å². The number of nitrogens with zero attached hydrogens (tertiary/aromatic N) is 3. The molecule has 0 saturated carbocycles. The van der Waals surface area contributed by atoms with Gasteiger partial charge in [0.15, 0.2) is 0 Å². The van der Waals surface area contributed by atoms with Gasteiger partial charge in [-0.1, -0.05) is 20.3 Å². The van der Waals surface area contributed by atoms with Crippen LogP contribution >= 0.6 is 0 Å². The molecule has 6 nitrogen and oxygen atoms in total. The number of aliphatic carboxylic acids is 1. The van der Waals surface area contributed by atoms with Crippen molar-refractivity contribution in [3.05, 3.63) is 12.2 Å². The molecule has 0 aliphatic rings. The molecule has 0 saturated heterocycles. The van der Waals surface area contributed by atoms with Crippen LogP contribution in [-0.2, 0) is 17.8 Å². The van der Waals surface area contributed by atoms with Crippen molar-refractivity contribution in [1.29, 1.82) is 0 Å². The first kappa shape index (κ1) is 15.6. The molecule has 3 N–H and O–H groups in total. The SMILES string of the molecule is CC(C)Cn1ncnc1CC(CCCCN)C(=O)O. The van der Waals surface area contributed by atoms with E-state index in [0.717, 1.165) is 25.2 Å². The van der Waals surface area contributed by atoms with Crippen LogP contribution in [0.4, 0.5) is 0 Å². The van der Waals surface area contributed by atoms with Gasteiger partial charge in [0.05, 0.1) is 5.92 Å². The highest BCUT2D eigenvalue weighted by atomic mass is 16.4. The van der Waals surface area contributed by atoms with Crippen LogP contribution in [0.15, 0.2) is 6.33 Å². The summed E-state index contributed by atoms with van der Waals surface area (Å²) in [6, 6.07) is 0. The molecule has 1 heterocycles. The molecule has 1 rings (SSSR count). The molecular formula is C13H24N4O2. The summed E-state index contributed by atoms with van der Waals surface area (Å²) in [5, 5.41) is 13.4. The number of unbranched alkanes of at least 4 members (excludes halogenated alkanes) is 1. The molecule has 6 heteroatoms. The van der Waals surface area contributed by atoms with Gasteiger partial charge in [-0.25, -0.2) is 9.67 Å². The number of carboxylic acids is 1. The lowest BCUT2D eigenvalue weighted by molar-refractivity contribution is -0.142. The largest absolute Gasteiger partial charge is 0.481 e. The Morgan fingerprint density at radius 3 is 2.79 bits per heavy atom. The van der Waals surface area contributed by atoms with E-state index >= 15 is 0 Å². The third-order valence-electron chi connectivity index (χ3n) is 3.02. The average molecular weight is 268 g/mol. The van der Waals surface area contributed by atoms with Gasteiger partial charge in [-0.05, 0) is 25.3 Å². The molecule has 0 spiro atoms. The van der Waals surface area contributed by atoms with Crippen LogP contribution in [0.5, 0.6) is 0 Å². The standard InChI is InChI=1S/C13H24N4O2/c1-10(2)8-17-12(15-9-16-17)7-11(13(18)19)5-3-4-6-14/h9-11H,3-8,14H2,1-2H3,(H,18,19). The van der Waals surface area contributed by atoms with Crippen LogP contribution in [0.3, 0.4) is 0 Å². The van der Waals surface area contributed by atoms with Crippen LogP contribution < -0.4 is 5.73 Å². The maximum absolute atomic E-state index is 11.3. The molecular weight excluding hydrogens is 244 g/mol. The molecule has 0 aliphatic carbocycles. The minimum atomic E-state index is -0.767. The second-order valence-electron chi connectivity index (χ2n) is 5.28. The van der Waals surface area contributed by atoms with E-state index in [9.17, 15) is 9.90 Å². The van der Waals surface area contributed by atoms with Crippen molar-refractivity contribution in [2.24, 2.45) is 17.6 Å². The van der Waals surface area contributed by atoms with E-state index in [4.69, 9.17) is 5.73 Å². The molecule has 1 aromatic heterocycles. The molecule has 1 aromatic rings. The number of carbonyl (C=O) groups is 1. The summed E-state index contributed by atoms with van der Waals surface area (Å²) < 4.78 is 1.81. The number of rotatable bonds is 9. The number of nitrogens with two attached hydrogens (primary N) is 1. The molecule has 0 radical (unpaired) electrons. The second kappa shape index (κ2) is 7.89. The summed E-state index contributed by atoms with van der Waals surface area (Å²) in [6.45, 7) is 5.57. The molecule has 108 valence electrons. The third kappa shape index (κ3) is 5.38. The first-order chi connectivity index (χ1) is 9.04. The Morgan fingerprint density at radius 2 is 2.21 bits per heavy atom. The Morgan fingerprint density at radius 1 is 1.47 bits per heavy atom. The lowest BCUT2D eigenvalue weighted by Crippen LogP contribution is -2.20. The van der Waals surface area contributed by atoms with Gasteiger partial charge < -0.3 is 10.8 Å². The van der Waals surface area contributed by atoms with Crippen molar-refractivity contribution in [1.82, 2.24) is 14.8 Å². The zero-order valence-corrected chi connectivity index (χ0v) is 11.7. The molecule has 1 unspecified atom stereocenters. The smallest absolute Gasteiger partial charge is 0.306 e. The molecule has 1 atom stereocenters. The molecule has 19 heavy (non-hydrogen) atoms. The third-order valence-corrected chi connectivity index (χ3v) is 3.02. The summed E-state index contributed by atoms with van der Waals surface area (Å²) >= 11 is 0. The molecule has 0 amide bonds. The number of carboxylic acid groups (broad SMARTS) is 1. The summed E-state index contributed by atoms with van der Waals surface area (Å²) in [5.41, 5.74) is 5.43. The Kier molecular flexibility index (Phi) is 6.49. The highest BCUT2D eigenvalue weighted by Crippen LogP contribution is 2.15. The molecule has 0 bridgehead atoms. The monoisotopic (exact) mass is 268 g/mol. The van der Waals surface area contributed by atoms with Crippen LogP contribution in [0.25, 0.3) is 0 Å². The Labute approximate surface area is 114 Å². The van der Waals surface area contributed by atoms with Gasteiger partial charge in [0.1, 0.15) is 12.2 Å². The van der Waals surface area contributed by atoms with E-state index < -0.39 is 11.9 Å². The van der Waals surface area contributed by atoms with Crippen molar-refractivity contribution in [3.63, 3.8) is 0 Å². The fourth-order valence-electron chi connectivity index (χ4n) is 2.01. The van der Waals surface area contributed by atoms with Crippen LogP contribution in [0.1, 0.15) is 38.9 Å². The number of hydrogen-bond acceptors (Lipinski definition) is 4. The lowest BCUT2D eigenvalue weighted by Gasteiger charge is -2.13. The second-order valence-corrected chi connectivity index (χ2v) is 5.28. The van der Waals surface area contributed by atoms with Gasteiger partial charge in [-0.15, -0.1) is 0 Å². The minimum absolute atomic E-state index is 0.401. The molecule has 0 aromatic carbocycles. The van der Waals surface area contributed by atoms with Gasteiger partial charge in [-0.2, -0.15) is 5.10 Å². The van der Waals surface area contributed by atoms with E-state index in [1.54, 1.807) is 0 Å². The Bertz CT molecular complexity index is 390. The van der Waals surface area contributed by atoms with Gasteiger partial charge in [0, 0.05) is 13.0 Å². The summed E-state index contributed by atoms with van der Waals surface area (Å²) in [4.78, 5) is 15.4. The maximum Gasteiger partial charge on any atom is 0.306 e. The minimum Gasteiger partial charge on any atom is -0.481 e. The van der Waals surface area contributed by atoms with E-state index in [0.29, 0.717) is 25.3 Å². The number of hydrogen-bond donors (Lipinski definition) is 2. The van der Waals surface area contributed by atoms with Crippen LogP contribution in [0.2, 0.25) is 0 Å². The van der Waals surface area contributed by atoms with Crippen molar-refractivity contribution in [3.8, 4) is 0 Å². The van der Waals surface area contributed by atoms with Gasteiger partial charge in [-0.3, -0.25) is 4.79 Å². The predicted octanol–water partition coefficient (Wildman–Crippen LogP) is 1.31. The van der Waals surface area contributed by atoms with Crippen LogP contribution in [-0.4, -0.2) is 32.4 Å². The summed E-state index contributed by atoms with van der Waals surface area (Å²) in [7, 11) is 0. The number of aromatic nitrogens is 3. The van der Waals surface area contributed by atoms with Crippen molar-refractivity contribution >= 4 is 5.97 Å². The molecule has 0 fully saturated rings. The highest BCUT2D eigenvalue weighted by Gasteiger charge is 2.20. The van der Waals surface area contributed by atoms with Crippen molar-refractivity contribution in [2.75, 3.05) is 6.54 Å². The van der Waals surface area contributed by atoms with E-state index in [-0.39, 0.29) is 0 Å². The normalized spacial score (nSPS) is 12.8. The topological polar surface area (TPSA) is 94.0 Å². The van der Waals surface area contributed by atoms with E-state index in [2.05, 4.69) is 23.9 Å². The van der Waals surface area contributed by atoms with Gasteiger partial charge >= 0.3 is 5.97 Å². The lowest BCUT2D eigenvalue weighted by atomic mass is 9.98. The highest BCUT2D eigenvalue weighted by molar-refractivity contribution is 5.70. The van der Waals surface area contributed by atoms with Crippen molar-refractivity contribution < 1.29 is 9.90 Å². The quantitative estimate of drug-likeness (QED) is 0.658. The van der Waals surface area contributed by atoms with E-state index in [1.807, 2.05) is 4.68 Å². The first-order valence-corrected chi connectivity index (χ1v) is 6.84. The maximum atomic E-state index is 11.3. The Hall–Kier alpha value is -1.43. The fraction of sp³-hybridized carbons (Fsp3) is 0.769. The molecule has 0 aliphatic heterocycles. The predicted molar refractivity (Wildman–Crippen MR) is 72.6 cm³/mol. The van der Waals surface area contributed by atoms with Crippen molar-refractivity contribution in [2.45, 2.75) is 46.1 Å². The summed E-state index contributed by atoms with van der Waals surface area (Å²) in [6.07, 6.45) is 4.28. The average Bonchev–Trinajstić information content (AvgIpc) is 2.74. The van der Waals surface area contributed by atoms with Gasteiger partial charge in [0.25, 0.3) is 0 Å². The summed E-state index contributed by atoms with van der Waals surface area (Å²) in [5.74, 6) is 0.0487. The zero-order valence-electron chi connectivity index (χ0n) is 11.7. The van der Waals surface area contributed by atoms with E-state index in [1.165, 1.54) is 6.33 Å². The van der Waals surface area contributed by atoms with Gasteiger partial charge in [0.2, 0.25) is 0 Å². The Balaban J connectivity index is 2.63. The zero-order chi connectivity index (χ0) is 14.3. The first-order valence-electron chi connectivity index (χ1n) is 6.84.